The molecule has 2 aromatic rings. The molecule has 0 unspecified atom stereocenters. The highest BCUT2D eigenvalue weighted by Crippen LogP contribution is 2.04. The Morgan fingerprint density at radius 2 is 2.32 bits per heavy atom. The maximum absolute atomic E-state index is 10.6. The number of hydrogen-bond acceptors (Lipinski definition) is 5. The second-order valence-electron chi connectivity index (χ2n) is 4.23. The molecule has 0 spiro atoms. The number of aryl methyl sites for hydroxylation is 1. The maximum Gasteiger partial charge on any atom is 0.358 e. The molecule has 0 aromatic carbocycles. The lowest BCUT2D eigenvalue weighted by molar-refractivity contribution is 0.0690. The molecule has 2 heterocycles. The molecular weight excluding hydrogens is 248 g/mol. The van der Waals surface area contributed by atoms with E-state index in [4.69, 9.17) is 5.11 Å². The molecule has 0 saturated heterocycles. The van der Waals surface area contributed by atoms with E-state index in [1.807, 2.05) is 24.9 Å². The monoisotopic (exact) mass is 264 g/mol. The first-order valence-corrected chi connectivity index (χ1v) is 5.89. The third-order valence-electron chi connectivity index (χ3n) is 2.93. The summed E-state index contributed by atoms with van der Waals surface area (Å²) >= 11 is 0. The minimum atomic E-state index is -1.06. The van der Waals surface area contributed by atoms with E-state index in [0.717, 1.165) is 17.8 Å². The lowest BCUT2D eigenvalue weighted by atomic mass is 10.2. The zero-order valence-corrected chi connectivity index (χ0v) is 10.9. The number of nitrogens with one attached hydrogen (secondary N) is 1. The van der Waals surface area contributed by atoms with Gasteiger partial charge in [0.2, 0.25) is 0 Å². The second kappa shape index (κ2) is 5.61. The van der Waals surface area contributed by atoms with E-state index < -0.39 is 5.97 Å². The van der Waals surface area contributed by atoms with E-state index >= 15 is 0 Å². The molecule has 8 nitrogen and oxygen atoms in total. The summed E-state index contributed by atoms with van der Waals surface area (Å²) in [5.74, 6) is -1.06. The molecule has 8 heteroatoms. The van der Waals surface area contributed by atoms with Crippen LogP contribution in [0.3, 0.4) is 0 Å². The fourth-order valence-electron chi connectivity index (χ4n) is 1.64. The lowest BCUT2D eigenvalue weighted by Gasteiger charge is -2.04. The summed E-state index contributed by atoms with van der Waals surface area (Å²) in [6.45, 7) is 3.98. The Morgan fingerprint density at radius 1 is 1.53 bits per heavy atom. The first kappa shape index (κ1) is 13.2. The van der Waals surface area contributed by atoms with E-state index in [0.29, 0.717) is 13.1 Å². The Morgan fingerprint density at radius 3 is 2.89 bits per heavy atom. The molecular formula is C11H16N6O2. The topological polar surface area (TPSA) is 97.9 Å². The highest BCUT2D eigenvalue weighted by molar-refractivity contribution is 5.84. The van der Waals surface area contributed by atoms with Crippen molar-refractivity contribution in [2.24, 2.45) is 7.05 Å². The number of carbonyl (C=O) groups is 1. The van der Waals surface area contributed by atoms with Crippen LogP contribution in [0.25, 0.3) is 0 Å². The number of nitrogens with zero attached hydrogens (tertiary/aromatic N) is 5. The number of aromatic carboxylic acids is 1. The van der Waals surface area contributed by atoms with Crippen LogP contribution in [0.5, 0.6) is 0 Å². The van der Waals surface area contributed by atoms with E-state index in [-0.39, 0.29) is 5.69 Å². The van der Waals surface area contributed by atoms with Crippen molar-refractivity contribution in [3.05, 3.63) is 29.3 Å². The Labute approximate surface area is 110 Å². The summed E-state index contributed by atoms with van der Waals surface area (Å²) in [4.78, 5) is 10.6. The van der Waals surface area contributed by atoms with Crippen molar-refractivity contribution in [2.45, 2.75) is 20.0 Å². The van der Waals surface area contributed by atoms with Gasteiger partial charge in [-0.05, 0) is 6.92 Å². The number of carboxylic acid groups (broad SMARTS) is 1. The van der Waals surface area contributed by atoms with Gasteiger partial charge in [0.05, 0.1) is 18.9 Å². The van der Waals surface area contributed by atoms with Gasteiger partial charge in [-0.25, -0.2) is 4.79 Å². The van der Waals surface area contributed by atoms with Crippen molar-refractivity contribution in [1.82, 2.24) is 30.1 Å². The molecule has 102 valence electrons. The number of aromatic nitrogens is 5. The summed E-state index contributed by atoms with van der Waals surface area (Å²) in [5.41, 5.74) is 2.23. The SMILES string of the molecule is Cc1c(CNCCn2cc(C(=O)O)nn2)cnn1C. The van der Waals surface area contributed by atoms with Gasteiger partial charge in [-0.2, -0.15) is 5.10 Å². The van der Waals surface area contributed by atoms with Crippen LogP contribution in [0.2, 0.25) is 0 Å². The molecule has 2 N–H and O–H groups in total. The normalized spacial score (nSPS) is 10.8. The summed E-state index contributed by atoms with van der Waals surface area (Å²) in [5, 5.41) is 23.4. The van der Waals surface area contributed by atoms with Gasteiger partial charge in [-0.1, -0.05) is 5.21 Å². The smallest absolute Gasteiger partial charge is 0.358 e. The van der Waals surface area contributed by atoms with Crippen LogP contribution < -0.4 is 5.32 Å². The Bertz CT molecular complexity index is 574. The van der Waals surface area contributed by atoms with Crippen LogP contribution >= 0.6 is 0 Å². The number of hydrogen-bond donors (Lipinski definition) is 2. The van der Waals surface area contributed by atoms with Gasteiger partial charge in [-0.3, -0.25) is 9.36 Å². The highest BCUT2D eigenvalue weighted by Gasteiger charge is 2.07. The number of rotatable bonds is 6. The Kier molecular flexibility index (Phi) is 3.91. The van der Waals surface area contributed by atoms with Gasteiger partial charge in [0.1, 0.15) is 0 Å². The van der Waals surface area contributed by atoms with Crippen LogP contribution in [0, 0.1) is 6.92 Å². The minimum absolute atomic E-state index is 0.0388. The van der Waals surface area contributed by atoms with Gasteiger partial charge in [-0.15, -0.1) is 5.10 Å². The predicted octanol–water partition coefficient (Wildman–Crippen LogP) is -0.192. The van der Waals surface area contributed by atoms with Crippen molar-refractivity contribution in [2.75, 3.05) is 6.54 Å². The van der Waals surface area contributed by atoms with Crippen LogP contribution in [-0.4, -0.2) is 42.4 Å². The van der Waals surface area contributed by atoms with Gasteiger partial charge in [0.25, 0.3) is 0 Å². The maximum atomic E-state index is 10.6. The number of carboxylic acids is 1. The zero-order valence-electron chi connectivity index (χ0n) is 10.9. The lowest BCUT2D eigenvalue weighted by Crippen LogP contribution is -2.20. The molecule has 0 fully saturated rings. The van der Waals surface area contributed by atoms with Crippen LogP contribution in [0.15, 0.2) is 12.4 Å². The fraction of sp³-hybridized carbons (Fsp3) is 0.455. The molecule has 2 aromatic heterocycles. The fourth-order valence-corrected chi connectivity index (χ4v) is 1.64. The average molecular weight is 264 g/mol. The van der Waals surface area contributed by atoms with Crippen LogP contribution in [-0.2, 0) is 20.1 Å². The summed E-state index contributed by atoms with van der Waals surface area (Å²) in [6.07, 6.45) is 3.25. The third-order valence-corrected chi connectivity index (χ3v) is 2.93. The molecule has 0 atom stereocenters. The van der Waals surface area contributed by atoms with Crippen molar-refractivity contribution >= 4 is 5.97 Å². The van der Waals surface area contributed by atoms with Crippen molar-refractivity contribution in [1.29, 1.82) is 0 Å². The standard InChI is InChI=1S/C11H16N6O2/c1-8-9(6-13-16(8)2)5-12-3-4-17-7-10(11(18)19)14-15-17/h6-7,12H,3-5H2,1-2H3,(H,18,19). The molecule has 0 bridgehead atoms. The van der Waals surface area contributed by atoms with Gasteiger partial charge in [0.15, 0.2) is 5.69 Å². The highest BCUT2D eigenvalue weighted by atomic mass is 16.4. The molecule has 0 aliphatic carbocycles. The van der Waals surface area contributed by atoms with E-state index in [1.165, 1.54) is 10.9 Å². The Balaban J connectivity index is 1.77. The molecule has 0 aliphatic heterocycles. The van der Waals surface area contributed by atoms with E-state index in [1.54, 1.807) is 0 Å². The molecule has 2 rings (SSSR count). The first-order chi connectivity index (χ1) is 9.08. The van der Waals surface area contributed by atoms with E-state index in [9.17, 15) is 4.79 Å². The van der Waals surface area contributed by atoms with Gasteiger partial charge in [0, 0.05) is 31.4 Å². The quantitative estimate of drug-likeness (QED) is 0.702. The van der Waals surface area contributed by atoms with Crippen molar-refractivity contribution < 1.29 is 9.90 Å². The minimum Gasteiger partial charge on any atom is -0.476 e. The predicted molar refractivity (Wildman–Crippen MR) is 66.6 cm³/mol. The molecule has 0 aliphatic rings. The van der Waals surface area contributed by atoms with E-state index in [2.05, 4.69) is 20.7 Å². The zero-order chi connectivity index (χ0) is 13.8. The summed E-state index contributed by atoms with van der Waals surface area (Å²) in [6, 6.07) is 0. The second-order valence-corrected chi connectivity index (χ2v) is 4.23. The average Bonchev–Trinajstić information content (AvgIpc) is 2.96. The van der Waals surface area contributed by atoms with Crippen LogP contribution in [0.1, 0.15) is 21.7 Å². The summed E-state index contributed by atoms with van der Waals surface area (Å²) < 4.78 is 3.33. The van der Waals surface area contributed by atoms with Crippen molar-refractivity contribution in [3.63, 3.8) is 0 Å². The third kappa shape index (κ3) is 3.16. The van der Waals surface area contributed by atoms with Crippen molar-refractivity contribution in [3.8, 4) is 0 Å². The largest absolute Gasteiger partial charge is 0.476 e. The van der Waals surface area contributed by atoms with Gasteiger partial charge >= 0.3 is 5.97 Å². The van der Waals surface area contributed by atoms with Gasteiger partial charge < -0.3 is 10.4 Å². The summed E-state index contributed by atoms with van der Waals surface area (Å²) in [7, 11) is 1.90. The molecule has 0 amide bonds. The molecule has 19 heavy (non-hydrogen) atoms. The first-order valence-electron chi connectivity index (χ1n) is 5.89. The molecule has 0 saturated carbocycles. The van der Waals surface area contributed by atoms with Crippen LogP contribution in [0.4, 0.5) is 0 Å². The Hall–Kier alpha value is -2.22. The molecule has 0 radical (unpaired) electrons.